The maximum Gasteiger partial charge on any atom is 0.407 e. The number of alkyl carbamates (subject to hydrolysis) is 1. The van der Waals surface area contributed by atoms with Gasteiger partial charge < -0.3 is 24.6 Å². The lowest BCUT2D eigenvalue weighted by Gasteiger charge is -2.17. The third-order valence-corrected chi connectivity index (χ3v) is 4.46. The molecule has 6 nitrogen and oxygen atoms in total. The van der Waals surface area contributed by atoms with Crippen LogP contribution in [0, 0.1) is 0 Å². The number of nitrogens with one attached hydrogen (secondary N) is 1. The van der Waals surface area contributed by atoms with Gasteiger partial charge in [0, 0.05) is 11.6 Å². The van der Waals surface area contributed by atoms with Gasteiger partial charge in [-0.1, -0.05) is 60.7 Å². The first-order valence-corrected chi connectivity index (χ1v) is 9.63. The Morgan fingerprint density at radius 3 is 2.20 bits per heavy atom. The predicted molar refractivity (Wildman–Crippen MR) is 113 cm³/mol. The summed E-state index contributed by atoms with van der Waals surface area (Å²) in [5.41, 5.74) is 2.49. The van der Waals surface area contributed by atoms with E-state index in [0.717, 1.165) is 11.1 Å². The van der Waals surface area contributed by atoms with Gasteiger partial charge in [0.25, 0.3) is 0 Å². The first kappa shape index (κ1) is 21.2. The van der Waals surface area contributed by atoms with E-state index in [1.165, 1.54) is 7.11 Å². The third-order valence-electron chi connectivity index (χ3n) is 4.46. The zero-order chi connectivity index (χ0) is 21.2. The highest BCUT2D eigenvalue weighted by Gasteiger charge is 2.16. The number of carbonyl (C=O) groups excluding carboxylic acids is 1. The molecule has 1 amide bonds. The van der Waals surface area contributed by atoms with E-state index in [9.17, 15) is 9.90 Å². The van der Waals surface area contributed by atoms with Crippen LogP contribution in [0.2, 0.25) is 0 Å². The molecule has 0 aromatic heterocycles. The summed E-state index contributed by atoms with van der Waals surface area (Å²) in [6, 6.07) is 24.4. The van der Waals surface area contributed by atoms with Crippen molar-refractivity contribution in [1.29, 1.82) is 0 Å². The summed E-state index contributed by atoms with van der Waals surface area (Å²) in [5.74, 6) is 1.11. The summed E-state index contributed by atoms with van der Waals surface area (Å²) < 4.78 is 16.3. The normalized spacial score (nSPS) is 11.4. The van der Waals surface area contributed by atoms with Crippen molar-refractivity contribution >= 4 is 6.09 Å². The van der Waals surface area contributed by atoms with E-state index in [2.05, 4.69) is 5.32 Å². The molecule has 156 valence electrons. The molecule has 30 heavy (non-hydrogen) atoms. The molecule has 0 spiro atoms. The van der Waals surface area contributed by atoms with Gasteiger partial charge in [-0.15, -0.1) is 0 Å². The molecule has 0 saturated carbocycles. The molecule has 0 fully saturated rings. The van der Waals surface area contributed by atoms with Crippen LogP contribution in [0.25, 0.3) is 0 Å². The molecule has 3 rings (SSSR count). The summed E-state index contributed by atoms with van der Waals surface area (Å²) in [5, 5.41) is 13.0. The second kappa shape index (κ2) is 10.9. The fraction of sp³-hybridized carbons (Fsp3) is 0.208. The van der Waals surface area contributed by atoms with Gasteiger partial charge in [0.05, 0.1) is 19.8 Å². The minimum Gasteiger partial charge on any atom is -0.496 e. The van der Waals surface area contributed by atoms with Gasteiger partial charge >= 0.3 is 6.09 Å². The molecule has 3 aromatic rings. The Bertz CT molecular complexity index is 931. The van der Waals surface area contributed by atoms with Gasteiger partial charge in [-0.2, -0.15) is 0 Å². The molecule has 2 N–H and O–H groups in total. The van der Waals surface area contributed by atoms with E-state index in [1.54, 1.807) is 18.2 Å². The average molecular weight is 407 g/mol. The number of hydrogen-bond acceptors (Lipinski definition) is 5. The molecule has 0 unspecified atom stereocenters. The topological polar surface area (TPSA) is 77.0 Å². The molecular formula is C24H25NO5. The number of aliphatic hydroxyl groups is 1. The Kier molecular flexibility index (Phi) is 7.69. The van der Waals surface area contributed by atoms with E-state index < -0.39 is 12.2 Å². The number of ether oxygens (including phenoxy) is 3. The number of hydrogen-bond donors (Lipinski definition) is 2. The molecule has 0 aliphatic heterocycles. The molecule has 0 radical (unpaired) electrons. The van der Waals surface area contributed by atoms with Crippen LogP contribution in [-0.4, -0.2) is 24.9 Å². The molecule has 0 aliphatic rings. The fourth-order valence-electron chi connectivity index (χ4n) is 2.86. The monoisotopic (exact) mass is 407 g/mol. The lowest BCUT2D eigenvalue weighted by Crippen LogP contribution is -2.29. The number of rotatable bonds is 9. The zero-order valence-corrected chi connectivity index (χ0v) is 16.8. The maximum absolute atomic E-state index is 11.9. The molecule has 0 heterocycles. The van der Waals surface area contributed by atoms with Gasteiger partial charge in [0.1, 0.15) is 24.7 Å². The van der Waals surface area contributed by atoms with Crippen LogP contribution in [0.4, 0.5) is 4.79 Å². The van der Waals surface area contributed by atoms with Crippen LogP contribution in [0.15, 0.2) is 78.9 Å². The first-order valence-electron chi connectivity index (χ1n) is 9.63. The highest BCUT2D eigenvalue weighted by atomic mass is 16.5. The number of aliphatic hydroxyl groups excluding tert-OH is 1. The SMILES string of the molecule is COc1cc(OCc2ccccc2)ccc1[C@H](O)CNC(=O)OCc1ccccc1. The number of carbonyl (C=O) groups is 1. The van der Waals surface area contributed by atoms with Crippen molar-refractivity contribution in [2.24, 2.45) is 0 Å². The standard InChI is InChI=1S/C24H25NO5/c1-28-23-14-20(29-16-18-8-4-2-5-9-18)12-13-21(23)22(26)15-25-24(27)30-17-19-10-6-3-7-11-19/h2-14,22,26H,15-17H2,1H3,(H,25,27)/t22-/m1/s1. The van der Waals surface area contributed by atoms with E-state index in [0.29, 0.717) is 23.7 Å². The average Bonchev–Trinajstić information content (AvgIpc) is 2.81. The number of methoxy groups -OCH3 is 1. The smallest absolute Gasteiger partial charge is 0.407 e. The molecule has 0 aliphatic carbocycles. The van der Waals surface area contributed by atoms with Crippen molar-refractivity contribution < 1.29 is 24.1 Å². The van der Waals surface area contributed by atoms with E-state index in [1.807, 2.05) is 60.7 Å². The molecule has 6 heteroatoms. The first-order chi connectivity index (χ1) is 14.7. The zero-order valence-electron chi connectivity index (χ0n) is 16.8. The fourth-order valence-corrected chi connectivity index (χ4v) is 2.86. The Balaban J connectivity index is 1.51. The maximum atomic E-state index is 11.9. The van der Waals surface area contributed by atoms with Crippen LogP contribution in [-0.2, 0) is 18.0 Å². The third kappa shape index (κ3) is 6.25. The van der Waals surface area contributed by atoms with E-state index >= 15 is 0 Å². The second-order valence-corrected chi connectivity index (χ2v) is 6.64. The summed E-state index contributed by atoms with van der Waals surface area (Å²) in [6.07, 6.45) is -1.55. The van der Waals surface area contributed by atoms with Gasteiger partial charge in [-0.05, 0) is 23.3 Å². The van der Waals surface area contributed by atoms with Crippen molar-refractivity contribution in [2.75, 3.05) is 13.7 Å². The van der Waals surface area contributed by atoms with Crippen molar-refractivity contribution in [2.45, 2.75) is 19.3 Å². The predicted octanol–water partition coefficient (Wildman–Crippen LogP) is 4.23. The summed E-state index contributed by atoms with van der Waals surface area (Å²) in [6.45, 7) is 0.592. The molecule has 0 saturated heterocycles. The minimum atomic E-state index is -0.951. The Hall–Kier alpha value is -3.51. The molecular weight excluding hydrogens is 382 g/mol. The molecule has 1 atom stereocenters. The van der Waals surface area contributed by atoms with Crippen molar-refractivity contribution in [3.63, 3.8) is 0 Å². The van der Waals surface area contributed by atoms with Gasteiger partial charge in [0.15, 0.2) is 0 Å². The van der Waals surface area contributed by atoms with E-state index in [-0.39, 0.29) is 13.2 Å². The van der Waals surface area contributed by atoms with Crippen LogP contribution in [0.5, 0.6) is 11.5 Å². The largest absolute Gasteiger partial charge is 0.496 e. The lowest BCUT2D eigenvalue weighted by atomic mass is 10.1. The summed E-state index contributed by atoms with van der Waals surface area (Å²) in [4.78, 5) is 11.9. The number of amides is 1. The molecule has 3 aromatic carbocycles. The Morgan fingerprint density at radius 1 is 0.933 bits per heavy atom. The van der Waals surface area contributed by atoms with Gasteiger partial charge in [0.2, 0.25) is 0 Å². The van der Waals surface area contributed by atoms with E-state index in [4.69, 9.17) is 14.2 Å². The summed E-state index contributed by atoms with van der Waals surface area (Å²) >= 11 is 0. The highest BCUT2D eigenvalue weighted by Crippen LogP contribution is 2.29. The van der Waals surface area contributed by atoms with Gasteiger partial charge in [-0.25, -0.2) is 4.79 Å². The van der Waals surface area contributed by atoms with Gasteiger partial charge in [-0.3, -0.25) is 0 Å². The lowest BCUT2D eigenvalue weighted by molar-refractivity contribution is 0.125. The molecule has 0 bridgehead atoms. The van der Waals surface area contributed by atoms with Crippen molar-refractivity contribution in [3.05, 3.63) is 95.6 Å². The van der Waals surface area contributed by atoms with Crippen molar-refractivity contribution in [3.8, 4) is 11.5 Å². The summed E-state index contributed by atoms with van der Waals surface area (Å²) in [7, 11) is 1.52. The Labute approximate surface area is 176 Å². The second-order valence-electron chi connectivity index (χ2n) is 6.64. The highest BCUT2D eigenvalue weighted by molar-refractivity contribution is 5.67. The number of benzene rings is 3. The van der Waals surface area contributed by atoms with Crippen LogP contribution >= 0.6 is 0 Å². The van der Waals surface area contributed by atoms with Crippen molar-refractivity contribution in [1.82, 2.24) is 5.32 Å². The van der Waals surface area contributed by atoms with Crippen LogP contribution in [0.1, 0.15) is 22.8 Å². The van der Waals surface area contributed by atoms with Crippen LogP contribution < -0.4 is 14.8 Å². The Morgan fingerprint density at radius 2 is 1.57 bits per heavy atom. The minimum absolute atomic E-state index is 0.00575. The quantitative estimate of drug-likeness (QED) is 0.555. The van der Waals surface area contributed by atoms with Crippen LogP contribution in [0.3, 0.4) is 0 Å².